The van der Waals surface area contributed by atoms with Crippen molar-refractivity contribution in [3.8, 4) is 5.69 Å². The fourth-order valence-electron chi connectivity index (χ4n) is 2.75. The first-order chi connectivity index (χ1) is 9.93. The molecule has 0 saturated heterocycles. The maximum atomic E-state index is 5.53. The Labute approximate surface area is 136 Å². The van der Waals surface area contributed by atoms with Gasteiger partial charge in [0.1, 0.15) is 5.52 Å². The van der Waals surface area contributed by atoms with E-state index in [2.05, 4.69) is 63.5 Å². The Bertz CT molecular complexity index is 877. The molecule has 0 atom stereocenters. The van der Waals surface area contributed by atoms with Crippen LogP contribution in [-0.2, 0) is 13.5 Å². The number of fused-ring (bicyclic) bond motifs is 1. The van der Waals surface area contributed by atoms with Crippen molar-refractivity contribution in [3.63, 3.8) is 0 Å². The van der Waals surface area contributed by atoms with Crippen LogP contribution in [0.3, 0.4) is 0 Å². The molecule has 1 aromatic carbocycles. The molecule has 1 N–H and O–H groups in total. The summed E-state index contributed by atoms with van der Waals surface area (Å²) in [6, 6.07) is 4.28. The zero-order valence-corrected chi connectivity index (χ0v) is 14.9. The van der Waals surface area contributed by atoms with Gasteiger partial charge in [0.05, 0.1) is 11.4 Å². The molecule has 0 spiro atoms. The third kappa shape index (κ3) is 2.17. The summed E-state index contributed by atoms with van der Waals surface area (Å²) in [6.07, 6.45) is 0.880. The number of nitrogens with zero attached hydrogens (tertiary/aromatic N) is 3. The molecule has 4 nitrogen and oxygen atoms in total. The molecule has 3 rings (SSSR count). The molecule has 0 unspecified atom stereocenters. The van der Waals surface area contributed by atoms with E-state index in [1.165, 1.54) is 11.1 Å². The van der Waals surface area contributed by atoms with Crippen LogP contribution < -0.4 is 0 Å². The summed E-state index contributed by atoms with van der Waals surface area (Å²) in [5.41, 5.74) is 6.54. The van der Waals surface area contributed by atoms with Crippen molar-refractivity contribution in [3.05, 3.63) is 38.2 Å². The summed E-state index contributed by atoms with van der Waals surface area (Å²) in [5, 5.41) is 4.57. The van der Waals surface area contributed by atoms with Gasteiger partial charge in [-0.3, -0.25) is 4.57 Å². The molecule has 0 aliphatic carbocycles. The van der Waals surface area contributed by atoms with Crippen molar-refractivity contribution in [2.45, 2.75) is 27.2 Å². The van der Waals surface area contributed by atoms with Crippen molar-refractivity contribution in [1.82, 2.24) is 19.3 Å². The Kier molecular flexibility index (Phi) is 3.53. The summed E-state index contributed by atoms with van der Waals surface area (Å²) >= 11 is 9.14. The SMILES string of the molecule is CCc1nn(C)c2c1[nH]c(=S)n2-c1cc(C)c(Br)c(C)c1. The Morgan fingerprint density at radius 2 is 1.90 bits per heavy atom. The fourth-order valence-corrected chi connectivity index (χ4v) is 3.27. The van der Waals surface area contributed by atoms with Crippen LogP contribution in [0.15, 0.2) is 16.6 Å². The highest BCUT2D eigenvalue weighted by Crippen LogP contribution is 2.27. The van der Waals surface area contributed by atoms with Gasteiger partial charge in [-0.1, -0.05) is 22.9 Å². The summed E-state index contributed by atoms with van der Waals surface area (Å²) in [7, 11) is 1.96. The molecule has 0 fully saturated rings. The van der Waals surface area contributed by atoms with E-state index in [0.717, 1.165) is 33.4 Å². The minimum absolute atomic E-state index is 0.703. The first-order valence-electron chi connectivity index (χ1n) is 6.87. The second kappa shape index (κ2) is 5.10. The molecule has 2 heterocycles. The smallest absolute Gasteiger partial charge is 0.184 e. The van der Waals surface area contributed by atoms with Crippen LogP contribution in [0.5, 0.6) is 0 Å². The largest absolute Gasteiger partial charge is 0.327 e. The van der Waals surface area contributed by atoms with Crippen LogP contribution in [-0.4, -0.2) is 19.3 Å². The lowest BCUT2D eigenvalue weighted by Gasteiger charge is -2.10. The molecule has 0 bridgehead atoms. The van der Waals surface area contributed by atoms with Gasteiger partial charge in [0, 0.05) is 11.5 Å². The number of benzene rings is 1. The fraction of sp³-hybridized carbons (Fsp3) is 0.333. The number of nitrogens with one attached hydrogen (secondary N) is 1. The van der Waals surface area contributed by atoms with Crippen molar-refractivity contribution in [1.29, 1.82) is 0 Å². The summed E-state index contributed by atoms with van der Waals surface area (Å²) < 4.78 is 5.80. The number of aromatic amines is 1. The van der Waals surface area contributed by atoms with Gasteiger partial charge in [0.25, 0.3) is 0 Å². The molecule has 0 saturated carbocycles. The Balaban J connectivity index is 2.38. The van der Waals surface area contributed by atoms with Crippen LogP contribution in [0.2, 0.25) is 0 Å². The van der Waals surface area contributed by atoms with E-state index in [1.54, 1.807) is 0 Å². The average molecular weight is 365 g/mol. The van der Waals surface area contributed by atoms with Crippen LogP contribution in [0, 0.1) is 18.6 Å². The molecule has 0 aliphatic heterocycles. The third-order valence-corrected chi connectivity index (χ3v) is 5.29. The van der Waals surface area contributed by atoms with Crippen LogP contribution in [0.1, 0.15) is 23.7 Å². The zero-order chi connectivity index (χ0) is 15.3. The molecule has 3 aromatic rings. The molecule has 0 radical (unpaired) electrons. The molecule has 2 aromatic heterocycles. The average Bonchev–Trinajstić information content (AvgIpc) is 2.92. The summed E-state index contributed by atoms with van der Waals surface area (Å²) in [6.45, 7) is 6.29. The van der Waals surface area contributed by atoms with E-state index in [4.69, 9.17) is 12.2 Å². The van der Waals surface area contributed by atoms with E-state index in [1.807, 2.05) is 11.7 Å². The standard InChI is InChI=1S/C15H17BrN4S/c1-5-11-13-14(19(4)18-11)20(15(21)17-13)10-6-8(2)12(16)9(3)7-10/h6-7H,5H2,1-4H3,(H,17,21). The number of rotatable bonds is 2. The van der Waals surface area contributed by atoms with Crippen LogP contribution >= 0.6 is 28.1 Å². The number of H-pyrrole nitrogens is 1. The molecular weight excluding hydrogens is 348 g/mol. The Morgan fingerprint density at radius 3 is 2.48 bits per heavy atom. The second-order valence-electron chi connectivity index (χ2n) is 5.28. The Morgan fingerprint density at radius 1 is 1.29 bits per heavy atom. The molecule has 21 heavy (non-hydrogen) atoms. The van der Waals surface area contributed by atoms with E-state index in [9.17, 15) is 0 Å². The lowest BCUT2D eigenvalue weighted by Crippen LogP contribution is -2.02. The lowest BCUT2D eigenvalue weighted by molar-refractivity contribution is 0.748. The van der Waals surface area contributed by atoms with E-state index in [0.29, 0.717) is 4.77 Å². The monoisotopic (exact) mass is 364 g/mol. The van der Waals surface area contributed by atoms with Gasteiger partial charge in [0.15, 0.2) is 10.4 Å². The van der Waals surface area contributed by atoms with Gasteiger partial charge in [-0.15, -0.1) is 0 Å². The van der Waals surface area contributed by atoms with E-state index in [-0.39, 0.29) is 0 Å². The minimum atomic E-state index is 0.703. The van der Waals surface area contributed by atoms with Crippen molar-refractivity contribution in [2.75, 3.05) is 0 Å². The predicted molar refractivity (Wildman–Crippen MR) is 91.8 cm³/mol. The number of hydrogen-bond acceptors (Lipinski definition) is 2. The molecule has 6 heteroatoms. The van der Waals surface area contributed by atoms with Crippen molar-refractivity contribution >= 4 is 39.3 Å². The first kappa shape index (κ1) is 14.5. The molecule has 0 amide bonds. The highest BCUT2D eigenvalue weighted by molar-refractivity contribution is 9.10. The topological polar surface area (TPSA) is 38.5 Å². The molecular formula is C15H17BrN4S. The number of hydrogen-bond donors (Lipinski definition) is 1. The van der Waals surface area contributed by atoms with Gasteiger partial charge < -0.3 is 4.98 Å². The van der Waals surface area contributed by atoms with Gasteiger partial charge in [-0.2, -0.15) is 5.10 Å². The highest BCUT2D eigenvalue weighted by atomic mass is 79.9. The maximum absolute atomic E-state index is 5.53. The van der Waals surface area contributed by atoms with Crippen LogP contribution in [0.25, 0.3) is 16.9 Å². The quantitative estimate of drug-likeness (QED) is 0.685. The minimum Gasteiger partial charge on any atom is -0.327 e. The lowest BCUT2D eigenvalue weighted by atomic mass is 10.1. The first-order valence-corrected chi connectivity index (χ1v) is 8.07. The normalized spacial score (nSPS) is 11.5. The van der Waals surface area contributed by atoms with Gasteiger partial charge in [-0.25, -0.2) is 4.68 Å². The predicted octanol–water partition coefficient (Wildman–Crippen LogP) is 4.36. The second-order valence-corrected chi connectivity index (χ2v) is 6.46. The van der Waals surface area contributed by atoms with Gasteiger partial charge in [-0.05, 0) is 55.7 Å². The number of imidazole rings is 1. The van der Waals surface area contributed by atoms with Crippen molar-refractivity contribution in [2.24, 2.45) is 7.05 Å². The third-order valence-electron chi connectivity index (χ3n) is 3.75. The zero-order valence-electron chi connectivity index (χ0n) is 12.5. The van der Waals surface area contributed by atoms with Crippen molar-refractivity contribution < 1.29 is 0 Å². The van der Waals surface area contributed by atoms with Crippen LogP contribution in [0.4, 0.5) is 0 Å². The summed E-state index contributed by atoms with van der Waals surface area (Å²) in [4.78, 5) is 3.30. The molecule has 110 valence electrons. The van der Waals surface area contributed by atoms with Gasteiger partial charge in [0.2, 0.25) is 0 Å². The number of aromatic nitrogens is 4. The number of halogens is 1. The van der Waals surface area contributed by atoms with Gasteiger partial charge >= 0.3 is 0 Å². The Hall–Kier alpha value is -1.40. The molecule has 0 aliphatic rings. The van der Waals surface area contributed by atoms with E-state index < -0.39 is 0 Å². The highest BCUT2D eigenvalue weighted by Gasteiger charge is 2.16. The number of aryl methyl sites for hydroxylation is 4. The summed E-state index contributed by atoms with van der Waals surface area (Å²) in [5.74, 6) is 0. The maximum Gasteiger partial charge on any atom is 0.184 e. The van der Waals surface area contributed by atoms with E-state index >= 15 is 0 Å².